The van der Waals surface area contributed by atoms with Crippen molar-refractivity contribution in [1.29, 1.82) is 0 Å². The SMILES string of the molecule is CCCC1=C(C(=O)OCC)[C@@H](c2cc(Br)ccc2OC)n2c(s/c(=C\c3ccc(Sc4ncccn4)o3)c2=O)=N1. The number of nitrogens with zero attached hydrogens (tertiary/aromatic N) is 4. The van der Waals surface area contributed by atoms with E-state index in [1.807, 2.05) is 19.1 Å². The second-order valence-electron chi connectivity index (χ2n) is 8.59. The summed E-state index contributed by atoms with van der Waals surface area (Å²) < 4.78 is 19.8. The van der Waals surface area contributed by atoms with Gasteiger partial charge in [0.25, 0.3) is 5.56 Å². The maximum atomic E-state index is 14.0. The normalized spacial score (nSPS) is 15.1. The third-order valence-electron chi connectivity index (χ3n) is 5.99. The standard InChI is InChI=1S/C28H25BrN4O5S2/c1-4-7-19-23(26(35)37-5-2)24(18-14-16(29)8-10-20(18)36-3)33-25(34)21(39-28(33)32-19)15-17-9-11-22(38-17)40-27-30-12-6-13-31-27/h6,8-15,24H,4-5,7H2,1-3H3/b21-15-/t24-/m1/s1. The zero-order chi connectivity index (χ0) is 28.2. The molecule has 3 aromatic heterocycles. The summed E-state index contributed by atoms with van der Waals surface area (Å²) in [5.74, 6) is 0.531. The lowest BCUT2D eigenvalue weighted by Crippen LogP contribution is -2.40. The van der Waals surface area contributed by atoms with Crippen molar-refractivity contribution in [3.63, 3.8) is 0 Å². The minimum absolute atomic E-state index is 0.196. The molecule has 0 fully saturated rings. The van der Waals surface area contributed by atoms with Gasteiger partial charge in [0.15, 0.2) is 15.1 Å². The summed E-state index contributed by atoms with van der Waals surface area (Å²) in [4.78, 5) is 41.0. The molecule has 4 aromatic rings. The fraction of sp³-hybridized carbons (Fsp3) is 0.250. The van der Waals surface area contributed by atoms with Gasteiger partial charge in [-0.3, -0.25) is 9.36 Å². The van der Waals surface area contributed by atoms with Crippen molar-refractivity contribution < 1.29 is 18.7 Å². The highest BCUT2D eigenvalue weighted by atomic mass is 79.9. The largest absolute Gasteiger partial charge is 0.496 e. The number of thiazole rings is 1. The van der Waals surface area contributed by atoms with E-state index in [1.165, 1.54) is 23.1 Å². The molecule has 5 rings (SSSR count). The molecule has 1 aromatic carbocycles. The second-order valence-corrected chi connectivity index (χ2v) is 11.5. The maximum absolute atomic E-state index is 14.0. The van der Waals surface area contributed by atoms with Gasteiger partial charge in [0, 0.05) is 28.5 Å². The van der Waals surface area contributed by atoms with Crippen LogP contribution in [0.5, 0.6) is 5.75 Å². The van der Waals surface area contributed by atoms with E-state index in [0.717, 1.165) is 10.9 Å². The molecule has 0 unspecified atom stereocenters. The molecule has 0 amide bonds. The van der Waals surface area contributed by atoms with Gasteiger partial charge in [-0.1, -0.05) is 40.6 Å². The molecule has 1 aliphatic heterocycles. The van der Waals surface area contributed by atoms with Gasteiger partial charge in [-0.25, -0.2) is 19.8 Å². The van der Waals surface area contributed by atoms with Crippen LogP contribution in [0.2, 0.25) is 0 Å². The number of allylic oxidation sites excluding steroid dienone is 1. The number of carbonyl (C=O) groups is 1. The summed E-state index contributed by atoms with van der Waals surface area (Å²) in [6, 6.07) is 10.0. The third-order valence-corrected chi connectivity index (χ3v) is 8.28. The third kappa shape index (κ3) is 5.70. The highest BCUT2D eigenvalue weighted by molar-refractivity contribution is 9.10. The Kier molecular flexibility index (Phi) is 8.67. The zero-order valence-corrected chi connectivity index (χ0v) is 25.1. The molecule has 0 saturated heterocycles. The molecule has 0 aliphatic carbocycles. The van der Waals surface area contributed by atoms with E-state index in [2.05, 4.69) is 25.9 Å². The number of esters is 1. The number of hydrogen-bond donors (Lipinski definition) is 0. The summed E-state index contributed by atoms with van der Waals surface area (Å²) in [7, 11) is 1.56. The van der Waals surface area contributed by atoms with Crippen LogP contribution >= 0.6 is 39.0 Å². The highest BCUT2D eigenvalue weighted by Crippen LogP contribution is 2.38. The minimum Gasteiger partial charge on any atom is -0.496 e. The van der Waals surface area contributed by atoms with E-state index in [0.29, 0.717) is 54.3 Å². The van der Waals surface area contributed by atoms with Gasteiger partial charge in [-0.15, -0.1) is 0 Å². The molecule has 1 atom stereocenters. The van der Waals surface area contributed by atoms with E-state index >= 15 is 0 Å². The van der Waals surface area contributed by atoms with Gasteiger partial charge in [0.1, 0.15) is 17.6 Å². The van der Waals surface area contributed by atoms with E-state index in [4.69, 9.17) is 18.9 Å². The molecule has 9 nitrogen and oxygen atoms in total. The van der Waals surface area contributed by atoms with Crippen LogP contribution in [0.4, 0.5) is 0 Å². The van der Waals surface area contributed by atoms with Crippen molar-refractivity contribution in [2.24, 2.45) is 4.99 Å². The first-order valence-corrected chi connectivity index (χ1v) is 15.0. The summed E-state index contributed by atoms with van der Waals surface area (Å²) >= 11 is 6.06. The fourth-order valence-corrected chi connectivity index (χ4v) is 6.42. The van der Waals surface area contributed by atoms with Crippen LogP contribution in [0.1, 0.15) is 44.1 Å². The summed E-state index contributed by atoms with van der Waals surface area (Å²) in [5.41, 5.74) is 1.28. The second kappa shape index (κ2) is 12.4. The van der Waals surface area contributed by atoms with Crippen LogP contribution in [0.15, 0.2) is 89.0 Å². The number of aromatic nitrogens is 3. The van der Waals surface area contributed by atoms with Crippen LogP contribution < -0.4 is 19.6 Å². The first-order chi connectivity index (χ1) is 19.4. The molecule has 4 heterocycles. The number of halogens is 1. The molecule has 0 bridgehead atoms. The van der Waals surface area contributed by atoms with Gasteiger partial charge in [0.2, 0.25) is 0 Å². The average molecular weight is 642 g/mol. The predicted molar refractivity (Wildman–Crippen MR) is 155 cm³/mol. The summed E-state index contributed by atoms with van der Waals surface area (Å²) in [6.45, 7) is 3.96. The van der Waals surface area contributed by atoms with Crippen molar-refractivity contribution in [2.75, 3.05) is 13.7 Å². The number of benzene rings is 1. The van der Waals surface area contributed by atoms with Crippen LogP contribution in [-0.2, 0) is 9.53 Å². The number of hydrogen-bond acceptors (Lipinski definition) is 10. The number of methoxy groups -OCH3 is 1. The van der Waals surface area contributed by atoms with E-state index < -0.39 is 12.0 Å². The Morgan fingerprint density at radius 2 is 2.02 bits per heavy atom. The van der Waals surface area contributed by atoms with Crippen molar-refractivity contribution in [3.05, 3.63) is 95.5 Å². The molecular formula is C28H25BrN4O5S2. The summed E-state index contributed by atoms with van der Waals surface area (Å²) in [6.07, 6.45) is 6.31. The van der Waals surface area contributed by atoms with E-state index in [9.17, 15) is 9.59 Å². The van der Waals surface area contributed by atoms with E-state index in [1.54, 1.807) is 61.3 Å². The molecule has 40 heavy (non-hydrogen) atoms. The Morgan fingerprint density at radius 3 is 2.75 bits per heavy atom. The number of carbonyl (C=O) groups excluding carboxylic acids is 1. The highest BCUT2D eigenvalue weighted by Gasteiger charge is 2.36. The van der Waals surface area contributed by atoms with Crippen LogP contribution in [0, 0.1) is 0 Å². The first-order valence-electron chi connectivity index (χ1n) is 12.5. The average Bonchev–Trinajstić information content (AvgIpc) is 3.52. The molecule has 0 saturated carbocycles. The molecule has 12 heteroatoms. The molecule has 1 aliphatic rings. The van der Waals surface area contributed by atoms with Gasteiger partial charge in [0.05, 0.1) is 29.5 Å². The number of rotatable bonds is 9. The van der Waals surface area contributed by atoms with Crippen molar-refractivity contribution in [1.82, 2.24) is 14.5 Å². The van der Waals surface area contributed by atoms with Crippen molar-refractivity contribution in [2.45, 2.75) is 43.0 Å². The Balaban J connectivity index is 1.67. The molecule has 206 valence electrons. The molecule has 0 spiro atoms. The maximum Gasteiger partial charge on any atom is 0.338 e. The van der Waals surface area contributed by atoms with Crippen LogP contribution in [0.3, 0.4) is 0 Å². The minimum atomic E-state index is -0.788. The lowest BCUT2D eigenvalue weighted by atomic mass is 9.93. The van der Waals surface area contributed by atoms with Gasteiger partial charge >= 0.3 is 5.97 Å². The van der Waals surface area contributed by atoms with Crippen LogP contribution in [-0.4, -0.2) is 34.2 Å². The van der Waals surface area contributed by atoms with Crippen molar-refractivity contribution >= 4 is 51.1 Å². The predicted octanol–water partition coefficient (Wildman–Crippen LogP) is 4.88. The summed E-state index contributed by atoms with van der Waals surface area (Å²) in [5, 5.41) is 1.15. The Hall–Kier alpha value is -3.48. The number of furan rings is 1. The Labute approximate surface area is 246 Å². The first kappa shape index (κ1) is 28.1. The molecule has 0 N–H and O–H groups in total. The molecule has 0 radical (unpaired) electrons. The van der Waals surface area contributed by atoms with E-state index in [-0.39, 0.29) is 12.2 Å². The zero-order valence-electron chi connectivity index (χ0n) is 21.9. The van der Waals surface area contributed by atoms with Gasteiger partial charge in [-0.2, -0.15) is 0 Å². The van der Waals surface area contributed by atoms with Gasteiger partial charge < -0.3 is 13.9 Å². The quantitative estimate of drug-likeness (QED) is 0.188. The lowest BCUT2D eigenvalue weighted by Gasteiger charge is -2.27. The molecular weight excluding hydrogens is 616 g/mol. The van der Waals surface area contributed by atoms with Crippen LogP contribution in [0.25, 0.3) is 6.08 Å². The van der Waals surface area contributed by atoms with Gasteiger partial charge in [-0.05, 0) is 61.5 Å². The monoisotopic (exact) mass is 640 g/mol. The van der Waals surface area contributed by atoms with Crippen molar-refractivity contribution in [3.8, 4) is 5.75 Å². The number of fused-ring (bicyclic) bond motifs is 1. The fourth-order valence-electron chi connectivity index (χ4n) is 4.36. The Bertz CT molecular complexity index is 1760. The Morgan fingerprint density at radius 1 is 1.23 bits per heavy atom. The smallest absolute Gasteiger partial charge is 0.338 e. The topological polar surface area (TPSA) is 109 Å². The number of ether oxygens (including phenoxy) is 2. The lowest BCUT2D eigenvalue weighted by molar-refractivity contribution is -0.139.